The lowest BCUT2D eigenvalue weighted by Crippen LogP contribution is -2.60. The van der Waals surface area contributed by atoms with Crippen LogP contribution in [0.15, 0.2) is 24.3 Å². The van der Waals surface area contributed by atoms with Crippen LogP contribution in [0.3, 0.4) is 0 Å². The fraction of sp³-hybridized carbons (Fsp3) is 0.538. The molecular formula is C13H18INO. The fourth-order valence-corrected chi connectivity index (χ4v) is 2.73. The summed E-state index contributed by atoms with van der Waals surface area (Å²) in [6.07, 6.45) is 1.99. The first kappa shape index (κ1) is 12.3. The van der Waals surface area contributed by atoms with Crippen LogP contribution in [0.25, 0.3) is 0 Å². The van der Waals surface area contributed by atoms with E-state index in [4.69, 9.17) is 0 Å². The van der Waals surface area contributed by atoms with Crippen LogP contribution >= 0.6 is 22.6 Å². The zero-order valence-corrected chi connectivity index (χ0v) is 11.8. The highest BCUT2D eigenvalue weighted by molar-refractivity contribution is 14.1. The molecule has 1 aliphatic heterocycles. The number of β-amino-alcohol motifs (C(OH)–C–C–N with tert-alkyl or cyclic N) is 1. The Morgan fingerprint density at radius 3 is 2.50 bits per heavy atom. The van der Waals surface area contributed by atoms with Crippen molar-refractivity contribution in [2.75, 3.05) is 13.1 Å². The highest BCUT2D eigenvalue weighted by Crippen LogP contribution is 2.27. The van der Waals surface area contributed by atoms with Crippen LogP contribution in [0.1, 0.15) is 25.3 Å². The highest BCUT2D eigenvalue weighted by Gasteiger charge is 2.39. The monoisotopic (exact) mass is 331 g/mol. The first-order valence-electron chi connectivity index (χ1n) is 5.80. The van der Waals surface area contributed by atoms with E-state index in [0.717, 1.165) is 32.5 Å². The molecule has 0 aromatic heterocycles. The lowest BCUT2D eigenvalue weighted by molar-refractivity contribution is -0.106. The summed E-state index contributed by atoms with van der Waals surface area (Å²) < 4.78 is 1.27. The van der Waals surface area contributed by atoms with Crippen molar-refractivity contribution in [1.82, 2.24) is 4.90 Å². The molecule has 0 spiro atoms. The van der Waals surface area contributed by atoms with Gasteiger partial charge in [-0.25, -0.2) is 0 Å². The number of hydrogen-bond donors (Lipinski definition) is 1. The smallest absolute Gasteiger partial charge is 0.0900 e. The quantitative estimate of drug-likeness (QED) is 0.858. The van der Waals surface area contributed by atoms with Crippen molar-refractivity contribution in [2.45, 2.75) is 31.9 Å². The second-order valence-corrected chi connectivity index (χ2v) is 5.99. The van der Waals surface area contributed by atoms with Crippen molar-refractivity contribution < 1.29 is 5.11 Å². The van der Waals surface area contributed by atoms with Gasteiger partial charge in [-0.15, -0.1) is 0 Å². The minimum absolute atomic E-state index is 0.405. The van der Waals surface area contributed by atoms with E-state index in [1.165, 1.54) is 9.13 Å². The van der Waals surface area contributed by atoms with Crippen molar-refractivity contribution in [3.05, 3.63) is 33.4 Å². The molecule has 2 nitrogen and oxygen atoms in total. The molecule has 0 saturated carbocycles. The molecule has 1 aromatic carbocycles. The summed E-state index contributed by atoms with van der Waals surface area (Å²) in [6.45, 7) is 4.74. The Labute approximate surface area is 111 Å². The van der Waals surface area contributed by atoms with Gasteiger partial charge in [0.1, 0.15) is 0 Å². The third kappa shape index (κ3) is 2.96. The van der Waals surface area contributed by atoms with Crippen molar-refractivity contribution in [1.29, 1.82) is 0 Å². The molecule has 1 N–H and O–H groups in total. The topological polar surface area (TPSA) is 23.5 Å². The zero-order valence-electron chi connectivity index (χ0n) is 9.62. The predicted octanol–water partition coefficient (Wildman–Crippen LogP) is 2.64. The van der Waals surface area contributed by atoms with E-state index >= 15 is 0 Å². The maximum absolute atomic E-state index is 10.1. The number of aliphatic hydroxyl groups is 1. The van der Waals surface area contributed by atoms with E-state index in [1.54, 1.807) is 0 Å². The minimum Gasteiger partial charge on any atom is -0.387 e. The average Bonchev–Trinajstić information content (AvgIpc) is 2.19. The normalized spacial score (nSPS) is 19.4. The first-order valence-corrected chi connectivity index (χ1v) is 6.88. The molecule has 1 heterocycles. The van der Waals surface area contributed by atoms with Crippen molar-refractivity contribution in [3.8, 4) is 0 Å². The van der Waals surface area contributed by atoms with Crippen LogP contribution in [0.5, 0.6) is 0 Å². The molecule has 0 bridgehead atoms. The lowest BCUT2D eigenvalue weighted by Gasteiger charge is -2.46. The lowest BCUT2D eigenvalue weighted by atomic mass is 9.89. The van der Waals surface area contributed by atoms with E-state index < -0.39 is 5.60 Å². The molecular weight excluding hydrogens is 313 g/mol. The number of rotatable bonds is 4. The number of benzene rings is 1. The molecule has 1 aromatic rings. The molecule has 1 fully saturated rings. The first-order chi connectivity index (χ1) is 7.61. The molecule has 0 unspecified atom stereocenters. The Hall–Kier alpha value is -0.130. The molecule has 2 rings (SSSR count). The summed E-state index contributed by atoms with van der Waals surface area (Å²) in [5.41, 5.74) is 0.928. The molecule has 3 heteroatoms. The summed E-state index contributed by atoms with van der Waals surface area (Å²) in [5.74, 6) is 0. The van der Waals surface area contributed by atoms with E-state index in [2.05, 4.69) is 58.7 Å². The van der Waals surface area contributed by atoms with Gasteiger partial charge in [-0.1, -0.05) is 25.5 Å². The third-order valence-electron chi connectivity index (χ3n) is 3.07. The Kier molecular flexibility index (Phi) is 3.87. The molecule has 0 aliphatic carbocycles. The van der Waals surface area contributed by atoms with E-state index in [0.29, 0.717) is 0 Å². The highest BCUT2D eigenvalue weighted by atomic mass is 127. The standard InChI is InChI=1S/C13H18INO/c1-2-7-13(16)9-15(10-13)8-11-3-5-12(14)6-4-11/h3-6,16H,2,7-10H2,1H3. The number of halogens is 1. The van der Waals surface area contributed by atoms with Crippen LogP contribution in [0.2, 0.25) is 0 Å². The van der Waals surface area contributed by atoms with Gasteiger partial charge in [-0.2, -0.15) is 0 Å². The predicted molar refractivity (Wildman–Crippen MR) is 74.3 cm³/mol. The molecule has 88 valence electrons. The van der Waals surface area contributed by atoms with Crippen molar-refractivity contribution in [2.24, 2.45) is 0 Å². The van der Waals surface area contributed by atoms with Crippen molar-refractivity contribution >= 4 is 22.6 Å². The molecule has 16 heavy (non-hydrogen) atoms. The van der Waals surface area contributed by atoms with Crippen LogP contribution in [-0.4, -0.2) is 28.7 Å². The van der Waals surface area contributed by atoms with E-state index in [-0.39, 0.29) is 0 Å². The van der Waals surface area contributed by atoms with Gasteiger partial charge in [0.2, 0.25) is 0 Å². The third-order valence-corrected chi connectivity index (χ3v) is 3.79. The average molecular weight is 331 g/mol. The zero-order chi connectivity index (χ0) is 11.6. The summed E-state index contributed by atoms with van der Waals surface area (Å²) in [6, 6.07) is 8.60. The van der Waals surface area contributed by atoms with Gasteiger partial charge in [-0.3, -0.25) is 4.90 Å². The number of hydrogen-bond acceptors (Lipinski definition) is 2. The van der Waals surface area contributed by atoms with Gasteiger partial charge in [0.05, 0.1) is 5.60 Å². The van der Waals surface area contributed by atoms with Crippen LogP contribution < -0.4 is 0 Å². The van der Waals surface area contributed by atoms with Crippen LogP contribution in [0, 0.1) is 3.57 Å². The molecule has 1 saturated heterocycles. The van der Waals surface area contributed by atoms with Crippen molar-refractivity contribution in [3.63, 3.8) is 0 Å². The maximum Gasteiger partial charge on any atom is 0.0900 e. The maximum atomic E-state index is 10.1. The van der Waals surface area contributed by atoms with Gasteiger partial charge in [0.25, 0.3) is 0 Å². The van der Waals surface area contributed by atoms with Gasteiger partial charge in [0.15, 0.2) is 0 Å². The summed E-state index contributed by atoms with van der Waals surface area (Å²) in [4.78, 5) is 2.30. The second kappa shape index (κ2) is 5.02. The van der Waals surface area contributed by atoms with Crippen LogP contribution in [-0.2, 0) is 6.54 Å². The SMILES string of the molecule is CCCC1(O)CN(Cc2ccc(I)cc2)C1. The largest absolute Gasteiger partial charge is 0.387 e. The Morgan fingerprint density at radius 1 is 1.31 bits per heavy atom. The Morgan fingerprint density at radius 2 is 1.94 bits per heavy atom. The number of nitrogens with zero attached hydrogens (tertiary/aromatic N) is 1. The second-order valence-electron chi connectivity index (χ2n) is 4.75. The van der Waals surface area contributed by atoms with Gasteiger partial charge >= 0.3 is 0 Å². The molecule has 0 atom stereocenters. The fourth-order valence-electron chi connectivity index (χ4n) is 2.37. The molecule has 0 radical (unpaired) electrons. The summed E-state index contributed by atoms with van der Waals surface area (Å²) in [7, 11) is 0. The van der Waals surface area contributed by atoms with Gasteiger partial charge < -0.3 is 5.11 Å². The number of likely N-dealkylation sites (tertiary alicyclic amines) is 1. The summed E-state index contributed by atoms with van der Waals surface area (Å²) in [5, 5.41) is 10.1. The van der Waals surface area contributed by atoms with E-state index in [9.17, 15) is 5.11 Å². The Balaban J connectivity index is 1.83. The Bertz CT molecular complexity index is 343. The van der Waals surface area contributed by atoms with Gasteiger partial charge in [-0.05, 0) is 46.7 Å². The summed E-state index contributed by atoms with van der Waals surface area (Å²) >= 11 is 2.32. The van der Waals surface area contributed by atoms with Gasteiger partial charge in [0, 0.05) is 23.2 Å². The molecule has 1 aliphatic rings. The molecule has 0 amide bonds. The minimum atomic E-state index is -0.405. The van der Waals surface area contributed by atoms with E-state index in [1.807, 2.05) is 0 Å². The van der Waals surface area contributed by atoms with Crippen LogP contribution in [0.4, 0.5) is 0 Å².